The Morgan fingerprint density at radius 1 is 1.12 bits per heavy atom. The molecule has 0 fully saturated rings. The first kappa shape index (κ1) is 23.0. The largest absolute Gasteiger partial charge is 0.493 e. The summed E-state index contributed by atoms with van der Waals surface area (Å²) < 4.78 is 39.8. The van der Waals surface area contributed by atoms with Crippen molar-refractivity contribution in [1.29, 1.82) is 0 Å². The van der Waals surface area contributed by atoms with Gasteiger partial charge in [0.25, 0.3) is 5.91 Å². The molecule has 32 heavy (non-hydrogen) atoms. The van der Waals surface area contributed by atoms with Crippen LogP contribution in [0.3, 0.4) is 0 Å². The summed E-state index contributed by atoms with van der Waals surface area (Å²) in [6.07, 6.45) is 0. The molecule has 0 bridgehead atoms. The quantitative estimate of drug-likeness (QED) is 0.565. The number of aromatic nitrogens is 1. The van der Waals surface area contributed by atoms with Crippen LogP contribution >= 0.6 is 0 Å². The summed E-state index contributed by atoms with van der Waals surface area (Å²) in [4.78, 5) is 29.0. The van der Waals surface area contributed by atoms with Crippen molar-refractivity contribution in [1.82, 2.24) is 10.3 Å². The molecule has 0 radical (unpaired) electrons. The fraction of sp³-hybridized carbons (Fsp3) is 0.318. The molecular formula is C22H23F2N3O5. The van der Waals surface area contributed by atoms with Crippen molar-refractivity contribution < 1.29 is 32.3 Å². The van der Waals surface area contributed by atoms with Gasteiger partial charge in [0.2, 0.25) is 11.8 Å². The molecule has 2 N–H and O–H groups in total. The molecule has 0 aliphatic heterocycles. The zero-order chi connectivity index (χ0) is 23.5. The molecule has 0 aliphatic carbocycles. The Kier molecular flexibility index (Phi) is 6.61. The number of fused-ring (bicyclic) bond motifs is 1. The second-order valence-corrected chi connectivity index (χ2v) is 7.93. The fourth-order valence-electron chi connectivity index (χ4n) is 2.80. The fourth-order valence-corrected chi connectivity index (χ4v) is 2.80. The molecule has 0 saturated carbocycles. The summed E-state index contributed by atoms with van der Waals surface area (Å²) >= 11 is 0. The first-order valence-corrected chi connectivity index (χ1v) is 9.69. The van der Waals surface area contributed by atoms with Crippen molar-refractivity contribution >= 4 is 28.6 Å². The molecule has 0 atom stereocenters. The van der Waals surface area contributed by atoms with E-state index in [-0.39, 0.29) is 29.0 Å². The number of benzene rings is 2. The number of carbonyl (C=O) groups is 2. The molecule has 10 heteroatoms. The van der Waals surface area contributed by atoms with Gasteiger partial charge in [-0.2, -0.15) is 8.78 Å². The smallest absolute Gasteiger partial charge is 0.387 e. The Balaban J connectivity index is 1.61. The molecular weight excluding hydrogens is 424 g/mol. The third-order valence-electron chi connectivity index (χ3n) is 4.36. The van der Waals surface area contributed by atoms with Crippen LogP contribution in [0.1, 0.15) is 37.0 Å². The highest BCUT2D eigenvalue weighted by Crippen LogP contribution is 2.29. The zero-order valence-electron chi connectivity index (χ0n) is 18.0. The SMILES string of the molecule is COc1cc(C(=O)NCC(=O)Nc2ccc3oc(C(C)(C)C)nc3c2)ccc1OC(F)F. The van der Waals surface area contributed by atoms with Crippen LogP contribution < -0.4 is 20.1 Å². The predicted molar refractivity (Wildman–Crippen MR) is 113 cm³/mol. The maximum Gasteiger partial charge on any atom is 0.387 e. The number of halogens is 2. The lowest BCUT2D eigenvalue weighted by Crippen LogP contribution is -2.32. The van der Waals surface area contributed by atoms with E-state index in [1.165, 1.54) is 25.3 Å². The van der Waals surface area contributed by atoms with Gasteiger partial charge in [-0.15, -0.1) is 0 Å². The number of alkyl halides is 2. The topological polar surface area (TPSA) is 103 Å². The van der Waals surface area contributed by atoms with Crippen LogP contribution in [-0.2, 0) is 10.2 Å². The van der Waals surface area contributed by atoms with Gasteiger partial charge in [0.1, 0.15) is 5.52 Å². The maximum atomic E-state index is 12.4. The molecule has 1 heterocycles. The zero-order valence-corrected chi connectivity index (χ0v) is 18.0. The van der Waals surface area contributed by atoms with Crippen LogP contribution in [0.4, 0.5) is 14.5 Å². The summed E-state index contributed by atoms with van der Waals surface area (Å²) in [7, 11) is 1.26. The summed E-state index contributed by atoms with van der Waals surface area (Å²) in [6, 6.07) is 8.79. The number of hydrogen-bond donors (Lipinski definition) is 2. The number of anilines is 1. The molecule has 2 aromatic carbocycles. The van der Waals surface area contributed by atoms with Crippen molar-refractivity contribution in [3.63, 3.8) is 0 Å². The average molecular weight is 447 g/mol. The number of nitrogens with zero attached hydrogens (tertiary/aromatic N) is 1. The molecule has 3 aromatic rings. The highest BCUT2D eigenvalue weighted by molar-refractivity contribution is 6.00. The number of oxazole rings is 1. The van der Waals surface area contributed by atoms with E-state index >= 15 is 0 Å². The number of methoxy groups -OCH3 is 1. The second-order valence-electron chi connectivity index (χ2n) is 7.93. The van der Waals surface area contributed by atoms with Crippen molar-refractivity contribution in [2.75, 3.05) is 19.0 Å². The molecule has 1 aromatic heterocycles. The molecule has 2 amide bonds. The van der Waals surface area contributed by atoms with E-state index in [1.54, 1.807) is 18.2 Å². The number of amides is 2. The lowest BCUT2D eigenvalue weighted by Gasteiger charge is -2.11. The number of ether oxygens (including phenoxy) is 2. The predicted octanol–water partition coefficient (Wildman–Crippen LogP) is 4.10. The number of rotatable bonds is 7. The van der Waals surface area contributed by atoms with Gasteiger partial charge in [-0.25, -0.2) is 4.98 Å². The van der Waals surface area contributed by atoms with Gasteiger partial charge in [0, 0.05) is 16.7 Å². The van der Waals surface area contributed by atoms with Crippen molar-refractivity contribution in [2.45, 2.75) is 32.8 Å². The lowest BCUT2D eigenvalue weighted by molar-refractivity contribution is -0.115. The van der Waals surface area contributed by atoms with Gasteiger partial charge >= 0.3 is 6.61 Å². The van der Waals surface area contributed by atoms with Gasteiger partial charge in [0.15, 0.2) is 17.1 Å². The number of hydrogen-bond acceptors (Lipinski definition) is 6. The standard InChI is InChI=1S/C22H23F2N3O5/c1-22(2,3)20-27-14-10-13(6-8-15(14)31-20)26-18(28)11-25-19(29)12-5-7-16(32-21(23)24)17(9-12)30-4/h5-10,21H,11H2,1-4H3,(H,25,29)(H,26,28). The second kappa shape index (κ2) is 9.21. The number of nitrogens with one attached hydrogen (secondary N) is 2. The Bertz CT molecular complexity index is 1140. The van der Waals surface area contributed by atoms with E-state index in [2.05, 4.69) is 20.4 Å². The minimum atomic E-state index is -3.02. The Morgan fingerprint density at radius 3 is 2.53 bits per heavy atom. The van der Waals surface area contributed by atoms with Gasteiger partial charge < -0.3 is 24.5 Å². The third kappa shape index (κ3) is 5.51. The summed E-state index contributed by atoms with van der Waals surface area (Å²) in [5.41, 5.74) is 1.58. The molecule has 0 unspecified atom stereocenters. The summed E-state index contributed by atoms with van der Waals surface area (Å²) in [6.45, 7) is 2.62. The van der Waals surface area contributed by atoms with Crippen molar-refractivity contribution in [3.8, 4) is 11.5 Å². The molecule has 8 nitrogen and oxygen atoms in total. The van der Waals surface area contributed by atoms with E-state index in [0.717, 1.165) is 0 Å². The molecule has 0 aliphatic rings. The van der Waals surface area contributed by atoms with Crippen molar-refractivity contribution in [3.05, 3.63) is 47.9 Å². The normalized spacial score (nSPS) is 11.5. The van der Waals surface area contributed by atoms with Gasteiger partial charge in [0.05, 0.1) is 13.7 Å². The van der Waals surface area contributed by atoms with E-state index < -0.39 is 18.4 Å². The highest BCUT2D eigenvalue weighted by Gasteiger charge is 2.21. The van der Waals surface area contributed by atoms with Gasteiger partial charge in [-0.1, -0.05) is 20.8 Å². The first-order valence-electron chi connectivity index (χ1n) is 9.69. The minimum Gasteiger partial charge on any atom is -0.493 e. The molecule has 3 rings (SSSR count). The highest BCUT2D eigenvalue weighted by atomic mass is 19.3. The van der Waals surface area contributed by atoms with Crippen LogP contribution in [0, 0.1) is 0 Å². The maximum absolute atomic E-state index is 12.4. The summed E-state index contributed by atoms with van der Waals surface area (Å²) in [5, 5.41) is 5.14. The van der Waals surface area contributed by atoms with Crippen LogP contribution in [0.2, 0.25) is 0 Å². The van der Waals surface area contributed by atoms with Crippen molar-refractivity contribution in [2.24, 2.45) is 0 Å². The van der Waals surface area contributed by atoms with Crippen LogP contribution in [0.5, 0.6) is 11.5 Å². The summed E-state index contributed by atoms with van der Waals surface area (Å²) in [5.74, 6) is -0.679. The number of carbonyl (C=O) groups excluding carboxylic acids is 2. The van der Waals surface area contributed by atoms with E-state index in [4.69, 9.17) is 9.15 Å². The Morgan fingerprint density at radius 2 is 1.88 bits per heavy atom. The molecule has 170 valence electrons. The molecule has 0 saturated heterocycles. The van der Waals surface area contributed by atoms with Crippen LogP contribution in [0.25, 0.3) is 11.1 Å². The average Bonchev–Trinajstić information content (AvgIpc) is 3.16. The van der Waals surface area contributed by atoms with Gasteiger partial charge in [-0.05, 0) is 36.4 Å². The Hall–Kier alpha value is -3.69. The Labute approximate surface area is 182 Å². The van der Waals surface area contributed by atoms with E-state index in [9.17, 15) is 18.4 Å². The van der Waals surface area contributed by atoms with Gasteiger partial charge in [-0.3, -0.25) is 9.59 Å². The minimum absolute atomic E-state index is 0.0297. The van der Waals surface area contributed by atoms with Crippen LogP contribution in [-0.4, -0.2) is 37.1 Å². The van der Waals surface area contributed by atoms with E-state index in [0.29, 0.717) is 22.7 Å². The van der Waals surface area contributed by atoms with Crippen LogP contribution in [0.15, 0.2) is 40.8 Å². The monoisotopic (exact) mass is 447 g/mol. The molecule has 0 spiro atoms. The third-order valence-corrected chi connectivity index (χ3v) is 4.36. The first-order chi connectivity index (χ1) is 15.1. The lowest BCUT2D eigenvalue weighted by atomic mass is 9.97. The van der Waals surface area contributed by atoms with E-state index in [1.807, 2.05) is 20.8 Å².